The Hall–Kier alpha value is -5.21. The number of amides is 2. The monoisotopic (exact) mass is 867 g/mol. The van der Waals surface area contributed by atoms with Crippen LogP contribution in [-0.2, 0) is 32.3 Å². The Morgan fingerprint density at radius 3 is 2.33 bits per heavy atom. The highest BCUT2D eigenvalue weighted by atomic mass is 16.7. The number of carbonyl (C=O) groups is 2. The lowest BCUT2D eigenvalue weighted by molar-refractivity contribution is -0.255. The summed E-state index contributed by atoms with van der Waals surface area (Å²) in [5.74, 6) is -1.33. The third kappa shape index (κ3) is 11.9. The molecule has 6 atom stereocenters. The fourth-order valence-electron chi connectivity index (χ4n) is 9.41. The standard InChI is InChI=1S/C50H65N3O10/c1-4-25-53(49(57)59-30-29-58-34-36-17-9-7-10-18-36)45-33-43(52-61-35-37-19-11-8-12-20-37)41-31-38(21-13-15-26-54)40(22-14-16-27-55)46-42-32-39(62-48(56)51-6-3)23-24-44(42)63-50(45,47(41)46)60-28-5-2/h5,7-12,17-20,23-24,31-32,38,40,45-47,54-55H,2,4,6,13-16,21-22,25-30,33-35H2,1,3H3,(H,51,56). The molecule has 1 fully saturated rings. The molecule has 0 spiro atoms. The molecule has 2 amide bonds. The van der Waals surface area contributed by atoms with Gasteiger partial charge in [0, 0.05) is 44.2 Å². The van der Waals surface area contributed by atoms with Gasteiger partial charge in [0.05, 0.1) is 31.5 Å². The van der Waals surface area contributed by atoms with E-state index in [1.807, 2.05) is 86.6 Å². The smallest absolute Gasteiger partial charge is 0.412 e. The zero-order chi connectivity index (χ0) is 44.4. The van der Waals surface area contributed by atoms with Crippen molar-refractivity contribution in [1.82, 2.24) is 10.2 Å². The number of oxime groups is 1. The van der Waals surface area contributed by atoms with Crippen LogP contribution in [0.5, 0.6) is 11.5 Å². The highest BCUT2D eigenvalue weighted by Crippen LogP contribution is 2.62. The molecule has 6 rings (SSSR count). The van der Waals surface area contributed by atoms with Crippen LogP contribution in [0.25, 0.3) is 0 Å². The molecule has 13 nitrogen and oxygen atoms in total. The molecule has 2 aliphatic carbocycles. The fourth-order valence-corrected chi connectivity index (χ4v) is 9.41. The lowest BCUT2D eigenvalue weighted by Crippen LogP contribution is -2.70. The van der Waals surface area contributed by atoms with Crippen LogP contribution >= 0.6 is 0 Å². The van der Waals surface area contributed by atoms with Gasteiger partial charge in [0.2, 0.25) is 5.79 Å². The summed E-state index contributed by atoms with van der Waals surface area (Å²) in [6, 6.07) is 24.3. The second kappa shape index (κ2) is 24.0. The van der Waals surface area contributed by atoms with E-state index in [4.69, 9.17) is 33.7 Å². The van der Waals surface area contributed by atoms with E-state index in [2.05, 4.69) is 18.0 Å². The van der Waals surface area contributed by atoms with Crippen LogP contribution in [0, 0.1) is 17.8 Å². The number of fused-ring (bicyclic) bond motifs is 2. The molecule has 6 unspecified atom stereocenters. The average Bonchev–Trinajstić information content (AvgIpc) is 3.29. The van der Waals surface area contributed by atoms with Crippen molar-refractivity contribution >= 4 is 17.9 Å². The third-order valence-electron chi connectivity index (χ3n) is 12.1. The Labute approximate surface area is 372 Å². The molecule has 1 saturated carbocycles. The van der Waals surface area contributed by atoms with Gasteiger partial charge >= 0.3 is 12.2 Å². The number of aliphatic hydroxyl groups is 2. The molecule has 13 heteroatoms. The zero-order valence-corrected chi connectivity index (χ0v) is 36.8. The SMILES string of the molecule is C=CCOC12Oc3ccc(OC(=O)NCC)cc3C3C(CCCCO)C(CCCCO)C=C(C(=NOCc4ccccc4)CC1N(CCC)C(=O)OCCOCc1ccccc1)C32. The van der Waals surface area contributed by atoms with Gasteiger partial charge < -0.3 is 44.1 Å². The van der Waals surface area contributed by atoms with Gasteiger partial charge in [0.15, 0.2) is 0 Å². The number of allylic oxidation sites excluding steroid dienone is 1. The Balaban J connectivity index is 1.48. The molecule has 0 bridgehead atoms. The van der Waals surface area contributed by atoms with Gasteiger partial charge in [-0.25, -0.2) is 9.59 Å². The summed E-state index contributed by atoms with van der Waals surface area (Å²) in [4.78, 5) is 35.2. The molecule has 340 valence electrons. The van der Waals surface area contributed by atoms with E-state index in [1.165, 1.54) is 0 Å². The number of unbranched alkanes of at least 4 members (excludes halogenated alkanes) is 2. The van der Waals surface area contributed by atoms with Crippen molar-refractivity contribution in [2.45, 2.75) is 96.2 Å². The maximum Gasteiger partial charge on any atom is 0.412 e. The molecule has 0 radical (unpaired) electrons. The summed E-state index contributed by atoms with van der Waals surface area (Å²) in [6.07, 6.45) is 8.14. The van der Waals surface area contributed by atoms with Crippen molar-refractivity contribution in [2.24, 2.45) is 22.9 Å². The highest BCUT2D eigenvalue weighted by molar-refractivity contribution is 6.03. The number of benzene rings is 3. The molecule has 0 saturated heterocycles. The van der Waals surface area contributed by atoms with Crippen molar-refractivity contribution in [3.05, 3.63) is 120 Å². The van der Waals surface area contributed by atoms with Crippen LogP contribution < -0.4 is 14.8 Å². The first kappa shape index (κ1) is 47.3. The molecule has 3 aliphatic rings. The minimum atomic E-state index is -1.46. The normalized spacial score (nSPS) is 22.8. The van der Waals surface area contributed by atoms with Crippen LogP contribution in [0.4, 0.5) is 9.59 Å². The predicted molar refractivity (Wildman–Crippen MR) is 240 cm³/mol. The lowest BCUT2D eigenvalue weighted by atomic mass is 9.55. The minimum absolute atomic E-state index is 0.00311. The Morgan fingerprint density at radius 1 is 0.937 bits per heavy atom. The summed E-state index contributed by atoms with van der Waals surface area (Å²) < 4.78 is 32.0. The summed E-state index contributed by atoms with van der Waals surface area (Å²) in [6.45, 7) is 9.75. The molecule has 1 heterocycles. The molecule has 3 aromatic rings. The maximum atomic E-state index is 14.5. The van der Waals surface area contributed by atoms with Crippen molar-refractivity contribution in [3.8, 4) is 11.5 Å². The predicted octanol–water partition coefficient (Wildman–Crippen LogP) is 8.69. The number of nitrogens with zero attached hydrogens (tertiary/aromatic N) is 2. The van der Waals surface area contributed by atoms with E-state index in [9.17, 15) is 19.8 Å². The van der Waals surface area contributed by atoms with E-state index in [-0.39, 0.29) is 63.8 Å². The van der Waals surface area contributed by atoms with Crippen LogP contribution in [0.1, 0.15) is 87.8 Å². The summed E-state index contributed by atoms with van der Waals surface area (Å²) in [7, 11) is 0. The molecular weight excluding hydrogens is 803 g/mol. The number of rotatable bonds is 24. The molecule has 1 aliphatic heterocycles. The highest BCUT2D eigenvalue weighted by Gasteiger charge is 2.65. The second-order valence-electron chi connectivity index (χ2n) is 16.3. The van der Waals surface area contributed by atoms with E-state index < -0.39 is 29.9 Å². The van der Waals surface area contributed by atoms with Crippen LogP contribution in [-0.4, -0.2) is 91.0 Å². The van der Waals surface area contributed by atoms with Crippen molar-refractivity contribution in [1.29, 1.82) is 0 Å². The van der Waals surface area contributed by atoms with Crippen LogP contribution in [0.2, 0.25) is 0 Å². The van der Waals surface area contributed by atoms with Gasteiger partial charge in [-0.2, -0.15) is 0 Å². The largest absolute Gasteiger partial charge is 0.459 e. The molecule has 3 aromatic carbocycles. The summed E-state index contributed by atoms with van der Waals surface area (Å²) in [5, 5.41) is 27.5. The van der Waals surface area contributed by atoms with Crippen LogP contribution in [0.3, 0.4) is 0 Å². The Kier molecular flexibility index (Phi) is 18.0. The average molecular weight is 868 g/mol. The fraction of sp³-hybridized carbons (Fsp3) is 0.500. The van der Waals surface area contributed by atoms with Crippen molar-refractivity contribution < 1.29 is 48.3 Å². The van der Waals surface area contributed by atoms with Gasteiger partial charge in [-0.15, -0.1) is 6.58 Å². The van der Waals surface area contributed by atoms with E-state index >= 15 is 0 Å². The van der Waals surface area contributed by atoms with Crippen LogP contribution in [0.15, 0.2) is 108 Å². The molecule has 0 aromatic heterocycles. The second-order valence-corrected chi connectivity index (χ2v) is 16.3. The summed E-state index contributed by atoms with van der Waals surface area (Å²) in [5.41, 5.74) is 4.40. The minimum Gasteiger partial charge on any atom is -0.459 e. The number of nitrogens with one attached hydrogen (secondary N) is 1. The maximum absolute atomic E-state index is 14.5. The molecule has 63 heavy (non-hydrogen) atoms. The number of ether oxygens (including phenoxy) is 5. The number of hydrogen-bond donors (Lipinski definition) is 3. The quantitative estimate of drug-likeness (QED) is 0.0452. The van der Waals surface area contributed by atoms with E-state index in [0.717, 1.165) is 47.9 Å². The van der Waals surface area contributed by atoms with Gasteiger partial charge in [-0.3, -0.25) is 4.90 Å². The topological polar surface area (TPSA) is 158 Å². The van der Waals surface area contributed by atoms with Gasteiger partial charge in [0.25, 0.3) is 0 Å². The van der Waals surface area contributed by atoms with Gasteiger partial charge in [-0.05, 0) is 85.8 Å². The third-order valence-corrected chi connectivity index (χ3v) is 12.1. The molecule has 3 N–H and O–H groups in total. The number of carbonyl (C=O) groups excluding carboxylic acids is 2. The number of hydrogen-bond acceptors (Lipinski definition) is 11. The van der Waals surface area contributed by atoms with Crippen molar-refractivity contribution in [3.63, 3.8) is 0 Å². The van der Waals surface area contributed by atoms with Gasteiger partial charge in [0.1, 0.15) is 30.8 Å². The number of aliphatic hydroxyl groups excluding tert-OH is 2. The lowest BCUT2D eigenvalue weighted by Gasteiger charge is -2.59. The van der Waals surface area contributed by atoms with E-state index in [0.29, 0.717) is 56.2 Å². The first-order valence-electron chi connectivity index (χ1n) is 22.6. The van der Waals surface area contributed by atoms with Crippen molar-refractivity contribution in [2.75, 3.05) is 46.1 Å². The Bertz CT molecular complexity index is 1980. The first-order chi connectivity index (χ1) is 30.9. The van der Waals surface area contributed by atoms with Gasteiger partial charge in [-0.1, -0.05) is 97.7 Å². The molecular formula is C50H65N3O10. The first-order valence-corrected chi connectivity index (χ1v) is 22.6. The summed E-state index contributed by atoms with van der Waals surface area (Å²) >= 11 is 0. The van der Waals surface area contributed by atoms with E-state index in [1.54, 1.807) is 17.0 Å². The zero-order valence-electron chi connectivity index (χ0n) is 36.8. The Morgan fingerprint density at radius 2 is 1.65 bits per heavy atom.